The summed E-state index contributed by atoms with van der Waals surface area (Å²) in [6, 6.07) is 2.86. The lowest BCUT2D eigenvalue weighted by molar-refractivity contribution is -0.143. The van der Waals surface area contributed by atoms with E-state index in [1.54, 1.807) is 37.3 Å². The quantitative estimate of drug-likeness (QED) is 0.317. The van der Waals surface area contributed by atoms with E-state index in [9.17, 15) is 9.59 Å². The molecule has 4 aromatic rings. The van der Waals surface area contributed by atoms with Crippen LogP contribution in [0.15, 0.2) is 23.0 Å². The van der Waals surface area contributed by atoms with Crippen molar-refractivity contribution in [2.24, 2.45) is 0 Å². The number of hydrogen-bond donors (Lipinski definition) is 1. The summed E-state index contributed by atoms with van der Waals surface area (Å²) in [5.74, 6) is 1.02. The van der Waals surface area contributed by atoms with Gasteiger partial charge >= 0.3 is 5.97 Å². The Kier molecular flexibility index (Phi) is 6.03. The number of carbonyl (C=O) groups excluding carboxylic acids is 2. The Balaban J connectivity index is 1.44. The van der Waals surface area contributed by atoms with Crippen LogP contribution in [0.2, 0.25) is 0 Å². The molecule has 4 rings (SSSR count). The number of esters is 1. The Morgan fingerprint density at radius 2 is 1.94 bits per heavy atom. The highest BCUT2D eigenvalue weighted by Gasteiger charge is 2.22. The molecule has 0 aliphatic rings. The van der Waals surface area contributed by atoms with E-state index in [-0.39, 0.29) is 12.4 Å². The molecule has 33 heavy (non-hydrogen) atoms. The minimum Gasteiger partial charge on any atom is -0.456 e. The number of aromatic nitrogens is 4. The third-order valence-corrected chi connectivity index (χ3v) is 6.71. The number of anilines is 1. The zero-order valence-corrected chi connectivity index (χ0v) is 20.2. The van der Waals surface area contributed by atoms with Crippen LogP contribution < -0.4 is 5.32 Å². The first-order valence-corrected chi connectivity index (χ1v) is 11.3. The van der Waals surface area contributed by atoms with Crippen molar-refractivity contribution in [3.63, 3.8) is 0 Å². The molecule has 0 amide bonds. The maximum absolute atomic E-state index is 12.8. The zero-order valence-electron chi connectivity index (χ0n) is 19.3. The number of fused-ring (bicyclic) bond motifs is 1. The molecule has 0 aromatic carbocycles. The van der Waals surface area contributed by atoms with Crippen molar-refractivity contribution in [1.29, 1.82) is 0 Å². The van der Waals surface area contributed by atoms with Crippen molar-refractivity contribution in [3.8, 4) is 5.82 Å². The Bertz CT molecular complexity index is 1370. The molecule has 0 bridgehead atoms. The monoisotopic (exact) mass is 467 g/mol. The van der Waals surface area contributed by atoms with Gasteiger partial charge < -0.3 is 14.6 Å². The molecule has 0 radical (unpaired) electrons. The first-order valence-electron chi connectivity index (χ1n) is 10.5. The van der Waals surface area contributed by atoms with E-state index >= 15 is 0 Å². The van der Waals surface area contributed by atoms with Crippen molar-refractivity contribution >= 4 is 39.1 Å². The molecular formula is C23H25N5O4S. The molecule has 0 unspecified atom stereocenters. The summed E-state index contributed by atoms with van der Waals surface area (Å²) >= 11 is 1.58. The number of ether oxygens (including phenoxy) is 1. The molecule has 4 heterocycles. The van der Waals surface area contributed by atoms with Crippen LogP contribution in [0.3, 0.4) is 0 Å². The minimum absolute atomic E-state index is 0.288. The van der Waals surface area contributed by atoms with Crippen LogP contribution in [0, 0.1) is 34.6 Å². The fourth-order valence-corrected chi connectivity index (χ4v) is 4.75. The first-order chi connectivity index (χ1) is 15.7. The standard InChI is InChI=1S/C23H25N5O4S/c1-11-7-17(15(5)28(11)19-8-12(2)32-27-19)18(29)9-31-23(30)14(4)26-21-20-13(3)16(6)33-22(20)25-10-24-21/h7-8,10,14H,9H2,1-6H3,(H,24,25,26)/t14-/m1/s1. The third-order valence-electron chi connectivity index (χ3n) is 5.59. The number of nitrogens with zero attached hydrogens (tertiary/aromatic N) is 4. The van der Waals surface area contributed by atoms with Crippen LogP contribution >= 0.6 is 11.3 Å². The average Bonchev–Trinajstić information content (AvgIpc) is 3.41. The number of rotatable bonds is 7. The summed E-state index contributed by atoms with van der Waals surface area (Å²) in [7, 11) is 0. The van der Waals surface area contributed by atoms with E-state index in [1.165, 1.54) is 6.33 Å². The number of hydrogen-bond acceptors (Lipinski definition) is 9. The van der Waals surface area contributed by atoms with Gasteiger partial charge in [-0.2, -0.15) is 0 Å². The number of thiophene rings is 1. The number of Topliss-reactive ketones (excluding diaryl/α,β-unsaturated/α-hetero) is 1. The van der Waals surface area contributed by atoms with Crippen molar-refractivity contribution in [3.05, 3.63) is 51.6 Å². The van der Waals surface area contributed by atoms with Gasteiger partial charge in [-0.3, -0.25) is 9.36 Å². The van der Waals surface area contributed by atoms with Crippen LogP contribution in [0.5, 0.6) is 0 Å². The average molecular weight is 468 g/mol. The smallest absolute Gasteiger partial charge is 0.328 e. The van der Waals surface area contributed by atoms with Crippen molar-refractivity contribution in [2.75, 3.05) is 11.9 Å². The number of nitrogens with one attached hydrogen (secondary N) is 1. The van der Waals surface area contributed by atoms with Crippen LogP contribution in [-0.4, -0.2) is 44.1 Å². The Morgan fingerprint density at radius 1 is 1.18 bits per heavy atom. The van der Waals surface area contributed by atoms with Gasteiger partial charge in [0.2, 0.25) is 5.78 Å². The maximum Gasteiger partial charge on any atom is 0.328 e. The predicted octanol–water partition coefficient (Wildman–Crippen LogP) is 4.24. The van der Waals surface area contributed by atoms with Crippen LogP contribution in [0.4, 0.5) is 5.82 Å². The second kappa shape index (κ2) is 8.78. The number of carbonyl (C=O) groups is 2. The second-order valence-electron chi connectivity index (χ2n) is 8.00. The fourth-order valence-electron chi connectivity index (χ4n) is 3.75. The molecule has 0 saturated heterocycles. The molecule has 0 spiro atoms. The summed E-state index contributed by atoms with van der Waals surface area (Å²) in [5, 5.41) is 8.01. The lowest BCUT2D eigenvalue weighted by atomic mass is 10.1. The lowest BCUT2D eigenvalue weighted by Crippen LogP contribution is -2.30. The molecule has 0 saturated carbocycles. The highest BCUT2D eigenvalue weighted by atomic mass is 32.1. The van der Waals surface area contributed by atoms with E-state index in [0.29, 0.717) is 28.7 Å². The summed E-state index contributed by atoms with van der Waals surface area (Å²) in [4.78, 5) is 36.0. The van der Waals surface area contributed by atoms with E-state index in [2.05, 4.69) is 20.4 Å². The topological polar surface area (TPSA) is 112 Å². The summed E-state index contributed by atoms with van der Waals surface area (Å²) in [6.45, 7) is 10.8. The SMILES string of the molecule is Cc1cc(-n2c(C)cc(C(=O)COC(=O)[C@@H](C)Nc3ncnc4sc(C)c(C)c34)c2C)no1. The van der Waals surface area contributed by atoms with Gasteiger partial charge in [-0.1, -0.05) is 5.16 Å². The maximum atomic E-state index is 12.8. The van der Waals surface area contributed by atoms with E-state index in [4.69, 9.17) is 9.26 Å². The molecule has 4 aromatic heterocycles. The summed E-state index contributed by atoms with van der Waals surface area (Å²) < 4.78 is 12.3. The van der Waals surface area contributed by atoms with Crippen LogP contribution in [0.1, 0.15) is 44.9 Å². The van der Waals surface area contributed by atoms with Gasteiger partial charge in [0, 0.05) is 27.9 Å². The normalized spacial score (nSPS) is 12.2. The first kappa shape index (κ1) is 22.7. The van der Waals surface area contributed by atoms with Gasteiger partial charge in [0.05, 0.1) is 5.39 Å². The highest BCUT2D eigenvalue weighted by molar-refractivity contribution is 7.18. The highest BCUT2D eigenvalue weighted by Crippen LogP contribution is 2.32. The zero-order chi connectivity index (χ0) is 23.9. The Hall–Kier alpha value is -3.53. The molecule has 9 nitrogen and oxygen atoms in total. The fraction of sp³-hybridized carbons (Fsp3) is 0.348. The minimum atomic E-state index is -0.693. The molecular weight excluding hydrogens is 442 g/mol. The molecule has 1 N–H and O–H groups in total. The molecule has 0 aliphatic carbocycles. The van der Waals surface area contributed by atoms with Gasteiger partial charge in [0.1, 0.15) is 28.8 Å². The van der Waals surface area contributed by atoms with Crippen molar-refractivity contribution in [1.82, 2.24) is 19.7 Å². The van der Waals surface area contributed by atoms with Gasteiger partial charge in [0.25, 0.3) is 0 Å². The van der Waals surface area contributed by atoms with Gasteiger partial charge in [0.15, 0.2) is 12.4 Å². The van der Waals surface area contributed by atoms with Crippen LogP contribution in [-0.2, 0) is 9.53 Å². The second-order valence-corrected chi connectivity index (χ2v) is 9.20. The summed E-state index contributed by atoms with van der Waals surface area (Å²) in [5.41, 5.74) is 3.09. The van der Waals surface area contributed by atoms with Crippen LogP contribution in [0.25, 0.3) is 16.0 Å². The van der Waals surface area contributed by atoms with E-state index in [0.717, 1.165) is 26.4 Å². The Labute approximate surface area is 194 Å². The number of ketones is 1. The van der Waals surface area contributed by atoms with Gasteiger partial charge in [-0.05, 0) is 53.2 Å². The van der Waals surface area contributed by atoms with Crippen molar-refractivity contribution < 1.29 is 18.8 Å². The lowest BCUT2D eigenvalue weighted by Gasteiger charge is -2.14. The Morgan fingerprint density at radius 3 is 2.64 bits per heavy atom. The molecule has 1 atom stereocenters. The van der Waals surface area contributed by atoms with Gasteiger partial charge in [-0.15, -0.1) is 11.3 Å². The molecule has 0 fully saturated rings. The largest absolute Gasteiger partial charge is 0.456 e. The molecule has 172 valence electrons. The molecule has 10 heteroatoms. The number of aryl methyl sites for hydroxylation is 4. The summed E-state index contributed by atoms with van der Waals surface area (Å²) in [6.07, 6.45) is 1.47. The molecule has 0 aliphatic heterocycles. The van der Waals surface area contributed by atoms with Crippen molar-refractivity contribution in [2.45, 2.75) is 47.6 Å². The van der Waals surface area contributed by atoms with E-state index < -0.39 is 12.0 Å². The predicted molar refractivity (Wildman–Crippen MR) is 125 cm³/mol. The third kappa shape index (κ3) is 4.25. The van der Waals surface area contributed by atoms with Gasteiger partial charge in [-0.25, -0.2) is 14.8 Å². The van der Waals surface area contributed by atoms with E-state index in [1.807, 2.05) is 32.3 Å².